The van der Waals surface area contributed by atoms with Crippen molar-refractivity contribution in [3.05, 3.63) is 11.9 Å². The van der Waals surface area contributed by atoms with Crippen LogP contribution in [0.3, 0.4) is 0 Å². The van der Waals surface area contributed by atoms with Crippen LogP contribution >= 0.6 is 0 Å². The van der Waals surface area contributed by atoms with E-state index in [0.29, 0.717) is 6.10 Å². The second-order valence-electron chi connectivity index (χ2n) is 4.77. The molecule has 0 saturated carbocycles. The molecule has 0 aromatic carbocycles. The van der Waals surface area contributed by atoms with E-state index in [1.54, 1.807) is 0 Å². The smallest absolute Gasteiger partial charge is 0.203 e. The Kier molecular flexibility index (Phi) is 4.42. The number of hydrogen-bond donors (Lipinski definition) is 1. The molecule has 0 amide bonds. The standard InChI is InChI=1S/C13H23N3O/c1-3-4-7-14-13-15-11(2)9-16(13)10-12-6-5-8-17-12/h9,12H,3-8,10H2,1-2H3,(H,14,15). The Bertz CT molecular complexity index is 342. The van der Waals surface area contributed by atoms with Gasteiger partial charge in [0.2, 0.25) is 5.95 Å². The largest absolute Gasteiger partial charge is 0.376 e. The Hall–Kier alpha value is -1.03. The van der Waals surface area contributed by atoms with Crippen molar-refractivity contribution in [1.82, 2.24) is 9.55 Å². The number of rotatable bonds is 6. The fraction of sp³-hybridized carbons (Fsp3) is 0.769. The summed E-state index contributed by atoms with van der Waals surface area (Å²) in [5.41, 5.74) is 1.07. The van der Waals surface area contributed by atoms with Crippen molar-refractivity contribution < 1.29 is 4.74 Å². The number of ether oxygens (including phenoxy) is 1. The van der Waals surface area contributed by atoms with Gasteiger partial charge in [0.1, 0.15) is 0 Å². The van der Waals surface area contributed by atoms with Crippen molar-refractivity contribution in [3.63, 3.8) is 0 Å². The highest BCUT2D eigenvalue weighted by Crippen LogP contribution is 2.17. The van der Waals surface area contributed by atoms with Crippen LogP contribution in [0.25, 0.3) is 0 Å². The zero-order valence-corrected chi connectivity index (χ0v) is 10.9. The predicted molar refractivity (Wildman–Crippen MR) is 69.3 cm³/mol. The van der Waals surface area contributed by atoms with Crippen LogP contribution < -0.4 is 5.32 Å². The minimum Gasteiger partial charge on any atom is -0.376 e. The van der Waals surface area contributed by atoms with Gasteiger partial charge in [0.05, 0.1) is 18.3 Å². The molecule has 1 saturated heterocycles. The Labute approximate surface area is 103 Å². The van der Waals surface area contributed by atoms with Crippen LogP contribution in [0, 0.1) is 6.92 Å². The van der Waals surface area contributed by atoms with Crippen molar-refractivity contribution in [3.8, 4) is 0 Å². The van der Waals surface area contributed by atoms with Crippen molar-refractivity contribution in [2.45, 2.75) is 52.2 Å². The molecule has 1 aromatic heterocycles. The normalized spacial score (nSPS) is 19.8. The summed E-state index contributed by atoms with van der Waals surface area (Å²) >= 11 is 0. The molecule has 1 N–H and O–H groups in total. The molecule has 1 fully saturated rings. The molecule has 17 heavy (non-hydrogen) atoms. The number of aromatic nitrogens is 2. The van der Waals surface area contributed by atoms with Crippen molar-refractivity contribution >= 4 is 5.95 Å². The maximum atomic E-state index is 5.67. The zero-order chi connectivity index (χ0) is 12.1. The number of imidazole rings is 1. The highest BCUT2D eigenvalue weighted by Gasteiger charge is 2.17. The molecule has 0 spiro atoms. The first-order chi connectivity index (χ1) is 8.29. The quantitative estimate of drug-likeness (QED) is 0.773. The topological polar surface area (TPSA) is 39.1 Å². The number of aryl methyl sites for hydroxylation is 1. The van der Waals surface area contributed by atoms with Gasteiger partial charge in [-0.3, -0.25) is 0 Å². The van der Waals surface area contributed by atoms with Gasteiger partial charge < -0.3 is 14.6 Å². The highest BCUT2D eigenvalue weighted by atomic mass is 16.5. The second kappa shape index (κ2) is 6.05. The van der Waals surface area contributed by atoms with Gasteiger partial charge in [-0.1, -0.05) is 13.3 Å². The van der Waals surface area contributed by atoms with E-state index >= 15 is 0 Å². The first-order valence-electron chi connectivity index (χ1n) is 6.69. The van der Waals surface area contributed by atoms with E-state index in [2.05, 4.69) is 28.0 Å². The van der Waals surface area contributed by atoms with Crippen molar-refractivity contribution in [1.29, 1.82) is 0 Å². The average Bonchev–Trinajstić information content (AvgIpc) is 2.90. The third-order valence-corrected chi connectivity index (χ3v) is 3.13. The van der Waals surface area contributed by atoms with Gasteiger partial charge in [0.15, 0.2) is 0 Å². The fourth-order valence-corrected chi connectivity index (χ4v) is 2.21. The summed E-state index contributed by atoms with van der Waals surface area (Å²) < 4.78 is 7.87. The lowest BCUT2D eigenvalue weighted by atomic mass is 10.2. The van der Waals surface area contributed by atoms with Gasteiger partial charge in [-0.2, -0.15) is 0 Å². The molecule has 4 heteroatoms. The van der Waals surface area contributed by atoms with E-state index in [4.69, 9.17) is 4.74 Å². The van der Waals surface area contributed by atoms with Crippen LogP contribution in [-0.2, 0) is 11.3 Å². The van der Waals surface area contributed by atoms with Crippen LogP contribution in [0.2, 0.25) is 0 Å². The maximum Gasteiger partial charge on any atom is 0.203 e. The van der Waals surface area contributed by atoms with Crippen LogP contribution in [0.1, 0.15) is 38.3 Å². The Morgan fingerprint density at radius 3 is 3.18 bits per heavy atom. The summed E-state index contributed by atoms with van der Waals surface area (Å²) in [5, 5.41) is 3.41. The molecule has 1 aliphatic rings. The molecule has 0 aliphatic carbocycles. The fourth-order valence-electron chi connectivity index (χ4n) is 2.21. The van der Waals surface area contributed by atoms with Gasteiger partial charge in [-0.05, 0) is 26.2 Å². The molecular formula is C13H23N3O. The number of hydrogen-bond acceptors (Lipinski definition) is 3. The van der Waals surface area contributed by atoms with E-state index in [1.807, 2.05) is 6.92 Å². The van der Waals surface area contributed by atoms with Crippen molar-refractivity contribution in [2.24, 2.45) is 0 Å². The summed E-state index contributed by atoms with van der Waals surface area (Å²) in [6.07, 6.45) is 7.23. The first-order valence-corrected chi connectivity index (χ1v) is 6.69. The maximum absolute atomic E-state index is 5.67. The van der Waals surface area contributed by atoms with Crippen LogP contribution in [0.4, 0.5) is 5.95 Å². The molecular weight excluding hydrogens is 214 g/mol. The minimum absolute atomic E-state index is 0.371. The van der Waals surface area contributed by atoms with E-state index in [9.17, 15) is 0 Å². The average molecular weight is 237 g/mol. The van der Waals surface area contributed by atoms with Crippen LogP contribution in [0.15, 0.2) is 6.20 Å². The molecule has 4 nitrogen and oxygen atoms in total. The summed E-state index contributed by atoms with van der Waals surface area (Å²) in [6.45, 7) is 7.08. The zero-order valence-electron chi connectivity index (χ0n) is 10.9. The van der Waals surface area contributed by atoms with E-state index < -0.39 is 0 Å². The third kappa shape index (κ3) is 3.46. The lowest BCUT2D eigenvalue weighted by Crippen LogP contribution is -2.17. The van der Waals surface area contributed by atoms with E-state index in [0.717, 1.165) is 31.3 Å². The molecule has 0 bridgehead atoms. The molecule has 1 unspecified atom stereocenters. The first kappa shape index (κ1) is 12.4. The summed E-state index contributed by atoms with van der Waals surface area (Å²) in [7, 11) is 0. The molecule has 0 radical (unpaired) electrons. The van der Waals surface area contributed by atoms with Gasteiger partial charge in [0, 0.05) is 19.3 Å². The third-order valence-electron chi connectivity index (χ3n) is 3.13. The van der Waals surface area contributed by atoms with E-state index in [-0.39, 0.29) is 0 Å². The van der Waals surface area contributed by atoms with E-state index in [1.165, 1.54) is 25.7 Å². The summed E-state index contributed by atoms with van der Waals surface area (Å²) in [6, 6.07) is 0. The van der Waals surface area contributed by atoms with Gasteiger partial charge in [0.25, 0.3) is 0 Å². The predicted octanol–water partition coefficient (Wildman–Crippen LogP) is 2.58. The molecule has 1 atom stereocenters. The van der Waals surface area contributed by atoms with Crippen LogP contribution in [0.5, 0.6) is 0 Å². The van der Waals surface area contributed by atoms with Crippen LogP contribution in [-0.4, -0.2) is 28.8 Å². The van der Waals surface area contributed by atoms with Gasteiger partial charge in [-0.25, -0.2) is 4.98 Å². The summed E-state index contributed by atoms with van der Waals surface area (Å²) in [5.74, 6) is 0.992. The van der Waals surface area contributed by atoms with Gasteiger partial charge >= 0.3 is 0 Å². The number of nitrogens with zero attached hydrogens (tertiary/aromatic N) is 2. The number of unbranched alkanes of at least 4 members (excludes halogenated alkanes) is 1. The van der Waals surface area contributed by atoms with Crippen molar-refractivity contribution in [2.75, 3.05) is 18.5 Å². The Balaban J connectivity index is 1.94. The lowest BCUT2D eigenvalue weighted by Gasteiger charge is -2.13. The SMILES string of the molecule is CCCCNc1nc(C)cn1CC1CCCO1. The monoisotopic (exact) mass is 237 g/mol. The molecule has 1 aliphatic heterocycles. The molecule has 2 heterocycles. The molecule has 2 rings (SSSR count). The van der Waals surface area contributed by atoms with Gasteiger partial charge in [-0.15, -0.1) is 0 Å². The summed E-state index contributed by atoms with van der Waals surface area (Å²) in [4.78, 5) is 4.52. The molecule has 96 valence electrons. The number of nitrogens with one attached hydrogen (secondary N) is 1. The minimum atomic E-state index is 0.371. The second-order valence-corrected chi connectivity index (χ2v) is 4.77. The Morgan fingerprint density at radius 2 is 2.47 bits per heavy atom. The highest BCUT2D eigenvalue weighted by molar-refractivity contribution is 5.28. The molecule has 1 aromatic rings. The lowest BCUT2D eigenvalue weighted by molar-refractivity contribution is 0.0974. The Morgan fingerprint density at radius 1 is 1.59 bits per heavy atom. The number of anilines is 1.